The molecule has 4 rings (SSSR count). The standard InChI is InChI=1S/C20H17FN6O2S/c1-26-18(24-20(29)17-7-4-8-30-17)9-16(25-26)19(28)23-14-10-22-27(12-14)11-13-5-2-3-6-15(13)21/h2-10,12H,11H2,1H3,(H,23,28)(H,24,29). The molecular weight excluding hydrogens is 407 g/mol. The van der Waals surface area contributed by atoms with Crippen molar-refractivity contribution in [2.75, 3.05) is 10.6 Å². The number of nitrogens with zero attached hydrogens (tertiary/aromatic N) is 4. The number of carbonyl (C=O) groups excluding carboxylic acids is 2. The van der Waals surface area contributed by atoms with Crippen LogP contribution in [0.25, 0.3) is 0 Å². The van der Waals surface area contributed by atoms with Crippen LogP contribution in [0, 0.1) is 5.82 Å². The van der Waals surface area contributed by atoms with Gasteiger partial charge in [-0.3, -0.25) is 19.0 Å². The van der Waals surface area contributed by atoms with E-state index in [4.69, 9.17) is 0 Å². The van der Waals surface area contributed by atoms with Crippen molar-refractivity contribution in [1.29, 1.82) is 0 Å². The average Bonchev–Trinajstić information content (AvgIpc) is 3.46. The number of aryl methyl sites for hydroxylation is 1. The van der Waals surface area contributed by atoms with Gasteiger partial charge in [-0.2, -0.15) is 10.2 Å². The lowest BCUT2D eigenvalue weighted by atomic mass is 10.2. The van der Waals surface area contributed by atoms with Crippen LogP contribution in [0.1, 0.15) is 25.7 Å². The van der Waals surface area contributed by atoms with Gasteiger partial charge < -0.3 is 10.6 Å². The van der Waals surface area contributed by atoms with Gasteiger partial charge in [0.25, 0.3) is 11.8 Å². The largest absolute Gasteiger partial charge is 0.318 e. The third-order valence-electron chi connectivity index (χ3n) is 4.28. The molecule has 0 fully saturated rings. The number of thiophene rings is 1. The van der Waals surface area contributed by atoms with Crippen LogP contribution in [0.15, 0.2) is 60.2 Å². The van der Waals surface area contributed by atoms with Gasteiger partial charge in [0.05, 0.1) is 23.3 Å². The third-order valence-corrected chi connectivity index (χ3v) is 5.15. The predicted octanol–water partition coefficient (Wildman–Crippen LogP) is 3.37. The summed E-state index contributed by atoms with van der Waals surface area (Å²) in [6.07, 6.45) is 3.08. The SMILES string of the molecule is Cn1nc(C(=O)Nc2cnn(Cc3ccccc3F)c2)cc1NC(=O)c1cccs1. The summed E-state index contributed by atoms with van der Waals surface area (Å²) in [5.41, 5.74) is 1.08. The van der Waals surface area contributed by atoms with Gasteiger partial charge in [0.2, 0.25) is 0 Å². The van der Waals surface area contributed by atoms with Crippen molar-refractivity contribution >= 4 is 34.7 Å². The minimum atomic E-state index is -0.451. The maximum absolute atomic E-state index is 13.8. The molecule has 0 atom stereocenters. The number of benzene rings is 1. The fourth-order valence-electron chi connectivity index (χ4n) is 2.79. The van der Waals surface area contributed by atoms with E-state index in [1.54, 1.807) is 43.6 Å². The molecule has 2 N–H and O–H groups in total. The highest BCUT2D eigenvalue weighted by molar-refractivity contribution is 7.12. The first-order valence-electron chi connectivity index (χ1n) is 8.96. The first kappa shape index (κ1) is 19.5. The molecule has 3 aromatic heterocycles. The van der Waals surface area contributed by atoms with Crippen LogP contribution in [0.4, 0.5) is 15.9 Å². The number of nitrogens with one attached hydrogen (secondary N) is 2. The summed E-state index contributed by atoms with van der Waals surface area (Å²) in [5.74, 6) is -0.639. The van der Waals surface area contributed by atoms with Crippen LogP contribution in [-0.4, -0.2) is 31.4 Å². The molecule has 0 unspecified atom stereocenters. The Morgan fingerprint density at radius 2 is 1.97 bits per heavy atom. The molecule has 3 heterocycles. The second kappa shape index (κ2) is 8.29. The van der Waals surface area contributed by atoms with Gasteiger partial charge in [-0.05, 0) is 17.5 Å². The lowest BCUT2D eigenvalue weighted by Gasteiger charge is -2.03. The van der Waals surface area contributed by atoms with E-state index in [1.165, 1.54) is 39.0 Å². The van der Waals surface area contributed by atoms with Crippen LogP contribution in [0.2, 0.25) is 0 Å². The topological polar surface area (TPSA) is 93.8 Å². The van der Waals surface area contributed by atoms with E-state index in [9.17, 15) is 14.0 Å². The minimum Gasteiger partial charge on any atom is -0.318 e. The van der Waals surface area contributed by atoms with Gasteiger partial charge in [-0.1, -0.05) is 24.3 Å². The Morgan fingerprint density at radius 3 is 2.73 bits per heavy atom. The lowest BCUT2D eigenvalue weighted by molar-refractivity contribution is 0.101. The van der Waals surface area contributed by atoms with Crippen LogP contribution >= 0.6 is 11.3 Å². The van der Waals surface area contributed by atoms with E-state index in [-0.39, 0.29) is 24.0 Å². The molecular formula is C20H17FN6O2S. The van der Waals surface area contributed by atoms with E-state index in [2.05, 4.69) is 20.8 Å². The summed E-state index contributed by atoms with van der Waals surface area (Å²) in [5, 5.41) is 15.5. The zero-order valence-corrected chi connectivity index (χ0v) is 16.7. The number of aromatic nitrogens is 4. The predicted molar refractivity (Wildman–Crippen MR) is 111 cm³/mol. The molecule has 0 saturated heterocycles. The first-order valence-corrected chi connectivity index (χ1v) is 9.83. The maximum atomic E-state index is 13.8. The van der Waals surface area contributed by atoms with Gasteiger partial charge in [0, 0.05) is 24.9 Å². The number of halogens is 1. The molecule has 2 amide bonds. The van der Waals surface area contributed by atoms with Crippen LogP contribution in [-0.2, 0) is 13.6 Å². The van der Waals surface area contributed by atoms with E-state index in [0.29, 0.717) is 21.9 Å². The molecule has 152 valence electrons. The van der Waals surface area contributed by atoms with Crippen LogP contribution in [0.3, 0.4) is 0 Å². The van der Waals surface area contributed by atoms with Crippen molar-refractivity contribution in [1.82, 2.24) is 19.6 Å². The van der Waals surface area contributed by atoms with Gasteiger partial charge in [0.15, 0.2) is 5.69 Å². The monoisotopic (exact) mass is 424 g/mol. The highest BCUT2D eigenvalue weighted by atomic mass is 32.1. The fourth-order valence-corrected chi connectivity index (χ4v) is 3.41. The zero-order chi connectivity index (χ0) is 21.1. The van der Waals surface area contributed by atoms with Crippen molar-refractivity contribution in [3.8, 4) is 0 Å². The summed E-state index contributed by atoms with van der Waals surface area (Å²) < 4.78 is 16.7. The summed E-state index contributed by atoms with van der Waals surface area (Å²) >= 11 is 1.32. The van der Waals surface area contributed by atoms with Gasteiger partial charge >= 0.3 is 0 Å². The Balaban J connectivity index is 1.41. The number of hydrogen-bond donors (Lipinski definition) is 2. The van der Waals surface area contributed by atoms with Crippen molar-refractivity contribution in [3.05, 3.63) is 82.2 Å². The highest BCUT2D eigenvalue weighted by Gasteiger charge is 2.16. The molecule has 8 nitrogen and oxygen atoms in total. The smallest absolute Gasteiger partial charge is 0.276 e. The summed E-state index contributed by atoms with van der Waals surface area (Å²) in [6, 6.07) is 11.4. The van der Waals surface area contributed by atoms with E-state index >= 15 is 0 Å². The molecule has 0 saturated carbocycles. The second-order valence-corrected chi connectivity index (χ2v) is 7.39. The van der Waals surface area contributed by atoms with E-state index < -0.39 is 5.91 Å². The molecule has 10 heteroatoms. The van der Waals surface area contributed by atoms with E-state index in [1.807, 2.05) is 5.38 Å². The molecule has 0 radical (unpaired) electrons. The van der Waals surface area contributed by atoms with Gasteiger partial charge in [0.1, 0.15) is 11.6 Å². The molecule has 0 aliphatic heterocycles. The Hall–Kier alpha value is -3.79. The summed E-state index contributed by atoms with van der Waals surface area (Å²) in [6.45, 7) is 0.241. The van der Waals surface area contributed by atoms with Crippen molar-refractivity contribution in [2.24, 2.45) is 7.05 Å². The van der Waals surface area contributed by atoms with Gasteiger partial charge in [-0.15, -0.1) is 11.3 Å². The zero-order valence-electron chi connectivity index (χ0n) is 15.9. The van der Waals surface area contributed by atoms with Crippen LogP contribution in [0.5, 0.6) is 0 Å². The minimum absolute atomic E-state index is 0.140. The van der Waals surface area contributed by atoms with Crippen LogP contribution < -0.4 is 10.6 Å². The molecule has 0 aliphatic carbocycles. The molecule has 1 aromatic carbocycles. The average molecular weight is 424 g/mol. The number of rotatable bonds is 6. The molecule has 4 aromatic rings. The molecule has 0 bridgehead atoms. The quantitative estimate of drug-likeness (QED) is 0.496. The number of hydrogen-bond acceptors (Lipinski definition) is 5. The Morgan fingerprint density at radius 1 is 1.13 bits per heavy atom. The van der Waals surface area contributed by atoms with Crippen molar-refractivity contribution < 1.29 is 14.0 Å². The van der Waals surface area contributed by atoms with Gasteiger partial charge in [-0.25, -0.2) is 4.39 Å². The second-order valence-electron chi connectivity index (χ2n) is 6.44. The summed E-state index contributed by atoms with van der Waals surface area (Å²) in [7, 11) is 1.63. The summed E-state index contributed by atoms with van der Waals surface area (Å²) in [4.78, 5) is 25.3. The number of amides is 2. The first-order chi connectivity index (χ1) is 14.5. The van der Waals surface area contributed by atoms with Crippen molar-refractivity contribution in [2.45, 2.75) is 6.54 Å². The maximum Gasteiger partial charge on any atom is 0.276 e. The fraction of sp³-hybridized carbons (Fsp3) is 0.100. The lowest BCUT2D eigenvalue weighted by Crippen LogP contribution is -2.13. The normalized spacial score (nSPS) is 10.7. The molecule has 0 spiro atoms. The number of anilines is 2. The van der Waals surface area contributed by atoms with E-state index in [0.717, 1.165) is 0 Å². The van der Waals surface area contributed by atoms with Crippen molar-refractivity contribution in [3.63, 3.8) is 0 Å². The third kappa shape index (κ3) is 4.28. The Bertz CT molecular complexity index is 1200. The Labute approximate surface area is 175 Å². The molecule has 30 heavy (non-hydrogen) atoms. The molecule has 0 aliphatic rings. The highest BCUT2D eigenvalue weighted by Crippen LogP contribution is 2.16. The number of carbonyl (C=O) groups is 2. The Kier molecular flexibility index (Phi) is 5.40.